The van der Waals surface area contributed by atoms with Gasteiger partial charge in [-0.3, -0.25) is 10.1 Å². The predicted molar refractivity (Wildman–Crippen MR) is 100 cm³/mol. The molecule has 0 aliphatic heterocycles. The van der Waals surface area contributed by atoms with Crippen molar-refractivity contribution < 1.29 is 23.9 Å². The van der Waals surface area contributed by atoms with Gasteiger partial charge in [0.1, 0.15) is 5.75 Å². The molecule has 0 heterocycles. The molecule has 1 fully saturated rings. The molecule has 0 radical (unpaired) electrons. The zero-order valence-corrected chi connectivity index (χ0v) is 16.1. The molecule has 1 saturated carbocycles. The van der Waals surface area contributed by atoms with E-state index in [4.69, 9.17) is 14.7 Å². The van der Waals surface area contributed by atoms with Crippen LogP contribution in [0, 0.1) is 11.3 Å². The number of carbonyl (C=O) groups excluding carboxylic acids is 3. The van der Waals surface area contributed by atoms with Gasteiger partial charge in [0.05, 0.1) is 11.6 Å². The maximum absolute atomic E-state index is 12.1. The molecule has 0 saturated heterocycles. The molecule has 0 aromatic heterocycles. The number of rotatable bonds is 6. The standard InChI is InChI=1S/C20H25N3O5/c1-13(18(24)23-20(26)22-16-6-4-3-5-7-16)28-19(25)14(2)27-17-10-8-15(12-21)9-11-17/h8-11,13-14,16H,3-7H2,1-2H3,(H2,22,23,24,26)/t13-,14-/m1/s1. The van der Waals surface area contributed by atoms with Crippen LogP contribution in [0.3, 0.4) is 0 Å². The second-order valence-corrected chi connectivity index (χ2v) is 6.77. The van der Waals surface area contributed by atoms with Gasteiger partial charge in [0.25, 0.3) is 5.91 Å². The Kier molecular flexibility index (Phi) is 7.81. The minimum atomic E-state index is -1.14. The molecular weight excluding hydrogens is 362 g/mol. The Labute approximate surface area is 164 Å². The Hall–Kier alpha value is -3.08. The number of imide groups is 1. The SMILES string of the molecule is C[C@@H](OC(=O)[C@@H](C)Oc1ccc(C#N)cc1)C(=O)NC(=O)NC1CCCCC1. The molecule has 3 amide bonds. The van der Waals surface area contributed by atoms with E-state index in [0.29, 0.717) is 11.3 Å². The predicted octanol–water partition coefficient (Wildman–Crippen LogP) is 2.42. The molecule has 8 nitrogen and oxygen atoms in total. The highest BCUT2D eigenvalue weighted by atomic mass is 16.6. The molecule has 28 heavy (non-hydrogen) atoms. The Balaban J connectivity index is 1.76. The van der Waals surface area contributed by atoms with E-state index in [1.807, 2.05) is 6.07 Å². The molecule has 1 aliphatic carbocycles. The lowest BCUT2D eigenvalue weighted by atomic mass is 9.96. The number of benzene rings is 1. The summed E-state index contributed by atoms with van der Waals surface area (Å²) >= 11 is 0. The number of amides is 3. The summed E-state index contributed by atoms with van der Waals surface area (Å²) in [6.45, 7) is 2.87. The van der Waals surface area contributed by atoms with Crippen LogP contribution in [0.15, 0.2) is 24.3 Å². The maximum Gasteiger partial charge on any atom is 0.347 e. The first-order valence-corrected chi connectivity index (χ1v) is 9.37. The Morgan fingerprint density at radius 1 is 1.07 bits per heavy atom. The molecule has 1 aromatic rings. The number of esters is 1. The molecule has 2 atom stereocenters. The van der Waals surface area contributed by atoms with Crippen molar-refractivity contribution in [1.82, 2.24) is 10.6 Å². The first-order valence-electron chi connectivity index (χ1n) is 9.37. The van der Waals surface area contributed by atoms with E-state index in [0.717, 1.165) is 32.1 Å². The second kappa shape index (κ2) is 10.3. The lowest BCUT2D eigenvalue weighted by molar-refractivity contribution is -0.160. The van der Waals surface area contributed by atoms with Crippen molar-refractivity contribution in [1.29, 1.82) is 5.26 Å². The Morgan fingerprint density at radius 2 is 1.71 bits per heavy atom. The minimum absolute atomic E-state index is 0.0697. The number of hydrogen-bond donors (Lipinski definition) is 2. The third-order valence-electron chi connectivity index (χ3n) is 4.47. The molecule has 2 N–H and O–H groups in total. The summed E-state index contributed by atoms with van der Waals surface area (Å²) in [5.74, 6) is -1.04. The van der Waals surface area contributed by atoms with Crippen LogP contribution in [-0.4, -0.2) is 36.2 Å². The number of nitrogens with one attached hydrogen (secondary N) is 2. The van der Waals surface area contributed by atoms with E-state index in [1.165, 1.54) is 13.8 Å². The van der Waals surface area contributed by atoms with Gasteiger partial charge < -0.3 is 14.8 Å². The van der Waals surface area contributed by atoms with Gasteiger partial charge in [-0.15, -0.1) is 0 Å². The van der Waals surface area contributed by atoms with Crippen molar-refractivity contribution in [3.8, 4) is 11.8 Å². The lowest BCUT2D eigenvalue weighted by Gasteiger charge is -2.23. The van der Waals surface area contributed by atoms with Crippen LogP contribution in [0.5, 0.6) is 5.75 Å². The molecule has 1 aromatic carbocycles. The topological polar surface area (TPSA) is 118 Å². The van der Waals surface area contributed by atoms with Crippen LogP contribution in [0.4, 0.5) is 4.79 Å². The fraction of sp³-hybridized carbons (Fsp3) is 0.500. The highest BCUT2D eigenvalue weighted by molar-refractivity contribution is 5.97. The van der Waals surface area contributed by atoms with Crippen molar-refractivity contribution in [3.05, 3.63) is 29.8 Å². The number of ether oxygens (including phenoxy) is 2. The number of hydrogen-bond acceptors (Lipinski definition) is 6. The maximum atomic E-state index is 12.1. The van der Waals surface area contributed by atoms with Gasteiger partial charge in [-0.25, -0.2) is 9.59 Å². The molecule has 0 unspecified atom stereocenters. The average Bonchev–Trinajstić information content (AvgIpc) is 2.69. The molecule has 150 valence electrons. The summed E-state index contributed by atoms with van der Waals surface area (Å²) in [5, 5.41) is 13.7. The van der Waals surface area contributed by atoms with Gasteiger partial charge >= 0.3 is 12.0 Å². The van der Waals surface area contributed by atoms with Gasteiger partial charge in [-0.05, 0) is 51.0 Å². The fourth-order valence-electron chi connectivity index (χ4n) is 2.87. The van der Waals surface area contributed by atoms with Crippen molar-refractivity contribution in [2.24, 2.45) is 0 Å². The van der Waals surface area contributed by atoms with Gasteiger partial charge in [-0.1, -0.05) is 19.3 Å². The van der Waals surface area contributed by atoms with Crippen LogP contribution < -0.4 is 15.4 Å². The van der Waals surface area contributed by atoms with Crippen molar-refractivity contribution in [3.63, 3.8) is 0 Å². The monoisotopic (exact) mass is 387 g/mol. The normalized spacial score (nSPS) is 16.2. The molecule has 0 bridgehead atoms. The van der Waals surface area contributed by atoms with E-state index in [2.05, 4.69) is 10.6 Å². The van der Waals surface area contributed by atoms with Crippen LogP contribution in [0.25, 0.3) is 0 Å². The fourth-order valence-corrected chi connectivity index (χ4v) is 2.87. The molecule has 2 rings (SSSR count). The van der Waals surface area contributed by atoms with E-state index in [9.17, 15) is 14.4 Å². The Morgan fingerprint density at radius 3 is 2.32 bits per heavy atom. The van der Waals surface area contributed by atoms with E-state index < -0.39 is 30.1 Å². The van der Waals surface area contributed by atoms with Crippen molar-refractivity contribution >= 4 is 17.9 Å². The summed E-state index contributed by atoms with van der Waals surface area (Å²) in [6, 6.07) is 7.73. The number of urea groups is 1. The smallest absolute Gasteiger partial charge is 0.347 e. The van der Waals surface area contributed by atoms with Crippen molar-refractivity contribution in [2.75, 3.05) is 0 Å². The summed E-state index contributed by atoms with van der Waals surface area (Å²) in [6.07, 6.45) is 2.98. The van der Waals surface area contributed by atoms with Crippen LogP contribution in [0.2, 0.25) is 0 Å². The summed E-state index contributed by atoms with van der Waals surface area (Å²) in [4.78, 5) is 36.1. The quantitative estimate of drug-likeness (QED) is 0.724. The van der Waals surface area contributed by atoms with Crippen LogP contribution in [-0.2, 0) is 14.3 Å². The van der Waals surface area contributed by atoms with Crippen LogP contribution >= 0.6 is 0 Å². The summed E-state index contributed by atoms with van der Waals surface area (Å²) < 4.78 is 10.5. The molecule has 1 aliphatic rings. The average molecular weight is 387 g/mol. The highest BCUT2D eigenvalue weighted by Crippen LogP contribution is 2.17. The zero-order chi connectivity index (χ0) is 20.5. The van der Waals surface area contributed by atoms with E-state index in [1.54, 1.807) is 24.3 Å². The number of nitrogens with zero attached hydrogens (tertiary/aromatic N) is 1. The summed E-state index contributed by atoms with van der Waals surface area (Å²) in [7, 11) is 0. The number of nitriles is 1. The van der Waals surface area contributed by atoms with Gasteiger partial charge in [-0.2, -0.15) is 5.26 Å². The van der Waals surface area contributed by atoms with E-state index >= 15 is 0 Å². The van der Waals surface area contributed by atoms with Gasteiger partial charge in [0, 0.05) is 6.04 Å². The van der Waals surface area contributed by atoms with E-state index in [-0.39, 0.29) is 6.04 Å². The highest BCUT2D eigenvalue weighted by Gasteiger charge is 2.25. The van der Waals surface area contributed by atoms with Gasteiger partial charge in [0.2, 0.25) is 0 Å². The van der Waals surface area contributed by atoms with Crippen molar-refractivity contribution in [2.45, 2.75) is 64.2 Å². The molecule has 8 heteroatoms. The first-order chi connectivity index (χ1) is 13.4. The summed E-state index contributed by atoms with van der Waals surface area (Å²) in [5.41, 5.74) is 0.472. The zero-order valence-electron chi connectivity index (χ0n) is 16.1. The van der Waals surface area contributed by atoms with Gasteiger partial charge in [0.15, 0.2) is 12.2 Å². The van der Waals surface area contributed by atoms with Crippen LogP contribution in [0.1, 0.15) is 51.5 Å². The third kappa shape index (κ3) is 6.58. The Bertz CT molecular complexity index is 735. The number of carbonyl (C=O) groups is 3. The lowest BCUT2D eigenvalue weighted by Crippen LogP contribution is -2.48. The molecule has 0 spiro atoms. The largest absolute Gasteiger partial charge is 0.479 e. The minimum Gasteiger partial charge on any atom is -0.479 e. The third-order valence-corrected chi connectivity index (χ3v) is 4.47. The first kappa shape index (κ1) is 21.2. The second-order valence-electron chi connectivity index (χ2n) is 6.77. The molecular formula is C20H25N3O5.